The van der Waals surface area contributed by atoms with E-state index in [0.29, 0.717) is 23.0 Å². The molecular weight excluding hydrogens is 256 g/mol. The van der Waals surface area contributed by atoms with E-state index in [9.17, 15) is 4.79 Å². The molecule has 2 aliphatic carbocycles. The molecule has 1 atom stereocenters. The SMILES string of the molecule is CC1(C)CCC(C(=O)CC2CCCc3ccccc32)CC1. The minimum atomic E-state index is 0.340. The Kier molecular flexibility index (Phi) is 4.19. The van der Waals surface area contributed by atoms with Gasteiger partial charge in [-0.1, -0.05) is 38.1 Å². The number of hydrogen-bond acceptors (Lipinski definition) is 1. The lowest BCUT2D eigenvalue weighted by atomic mass is 9.70. The number of Topliss-reactive ketones (excluding diaryl/α,β-unsaturated/α-hetero) is 1. The number of carbonyl (C=O) groups is 1. The molecule has 0 aliphatic heterocycles. The molecule has 3 rings (SSSR count). The van der Waals surface area contributed by atoms with Gasteiger partial charge in [0.15, 0.2) is 0 Å². The summed E-state index contributed by atoms with van der Waals surface area (Å²) in [5.74, 6) is 1.36. The summed E-state index contributed by atoms with van der Waals surface area (Å²) in [5, 5.41) is 0. The molecule has 0 heterocycles. The van der Waals surface area contributed by atoms with Crippen LogP contribution in [0.2, 0.25) is 0 Å². The standard InChI is InChI=1S/C20H28O/c1-20(2)12-10-16(11-13-20)19(21)14-17-8-5-7-15-6-3-4-9-18(15)17/h3-4,6,9,16-17H,5,7-8,10-14H2,1-2H3. The zero-order chi connectivity index (χ0) is 14.9. The molecular formula is C20H28O. The van der Waals surface area contributed by atoms with Crippen molar-refractivity contribution in [2.75, 3.05) is 0 Å². The minimum absolute atomic E-state index is 0.340. The number of carbonyl (C=O) groups excluding carboxylic acids is 1. The Hall–Kier alpha value is -1.11. The third-order valence-electron chi connectivity index (χ3n) is 5.74. The van der Waals surface area contributed by atoms with Crippen molar-refractivity contribution in [3.05, 3.63) is 35.4 Å². The quantitative estimate of drug-likeness (QED) is 0.737. The van der Waals surface area contributed by atoms with E-state index >= 15 is 0 Å². The molecule has 1 aromatic carbocycles. The van der Waals surface area contributed by atoms with Crippen LogP contribution in [0.1, 0.15) is 75.8 Å². The van der Waals surface area contributed by atoms with E-state index in [0.717, 1.165) is 19.3 Å². The summed E-state index contributed by atoms with van der Waals surface area (Å²) in [7, 11) is 0. The molecule has 1 aromatic rings. The lowest BCUT2D eigenvalue weighted by Crippen LogP contribution is -2.27. The second-order valence-electron chi connectivity index (χ2n) is 7.90. The predicted molar refractivity (Wildman–Crippen MR) is 87.5 cm³/mol. The van der Waals surface area contributed by atoms with E-state index in [1.54, 1.807) is 0 Å². The number of benzene rings is 1. The summed E-state index contributed by atoms with van der Waals surface area (Å²) in [6.07, 6.45) is 9.06. The molecule has 0 aromatic heterocycles. The van der Waals surface area contributed by atoms with Crippen LogP contribution in [0.5, 0.6) is 0 Å². The molecule has 1 unspecified atom stereocenters. The fourth-order valence-electron chi connectivity index (χ4n) is 4.20. The monoisotopic (exact) mass is 284 g/mol. The van der Waals surface area contributed by atoms with Gasteiger partial charge < -0.3 is 0 Å². The number of rotatable bonds is 3. The van der Waals surface area contributed by atoms with E-state index in [2.05, 4.69) is 38.1 Å². The molecule has 2 aliphatic rings. The van der Waals surface area contributed by atoms with Crippen LogP contribution in [0.3, 0.4) is 0 Å². The lowest BCUT2D eigenvalue weighted by molar-refractivity contribution is -0.124. The van der Waals surface area contributed by atoms with Gasteiger partial charge in [-0.05, 0) is 67.4 Å². The van der Waals surface area contributed by atoms with Gasteiger partial charge in [-0.25, -0.2) is 0 Å². The van der Waals surface area contributed by atoms with Gasteiger partial charge in [0.25, 0.3) is 0 Å². The van der Waals surface area contributed by atoms with Crippen LogP contribution in [-0.2, 0) is 11.2 Å². The molecule has 114 valence electrons. The Morgan fingerprint density at radius 2 is 1.86 bits per heavy atom. The highest BCUT2D eigenvalue weighted by molar-refractivity contribution is 5.82. The van der Waals surface area contributed by atoms with E-state index in [4.69, 9.17) is 0 Å². The molecule has 1 nitrogen and oxygen atoms in total. The molecule has 21 heavy (non-hydrogen) atoms. The van der Waals surface area contributed by atoms with E-state index in [1.165, 1.54) is 43.2 Å². The zero-order valence-electron chi connectivity index (χ0n) is 13.5. The van der Waals surface area contributed by atoms with E-state index in [-0.39, 0.29) is 0 Å². The predicted octanol–water partition coefficient (Wildman–Crippen LogP) is 5.28. The fraction of sp³-hybridized carbons (Fsp3) is 0.650. The molecule has 1 fully saturated rings. The largest absolute Gasteiger partial charge is 0.299 e. The summed E-state index contributed by atoms with van der Waals surface area (Å²) >= 11 is 0. The van der Waals surface area contributed by atoms with Gasteiger partial charge in [0.2, 0.25) is 0 Å². The Morgan fingerprint density at radius 3 is 2.62 bits per heavy atom. The van der Waals surface area contributed by atoms with Crippen LogP contribution in [-0.4, -0.2) is 5.78 Å². The average Bonchev–Trinajstić information content (AvgIpc) is 2.47. The topological polar surface area (TPSA) is 17.1 Å². The first kappa shape index (κ1) is 14.8. The van der Waals surface area contributed by atoms with Crippen LogP contribution in [0.15, 0.2) is 24.3 Å². The van der Waals surface area contributed by atoms with E-state index < -0.39 is 0 Å². The summed E-state index contributed by atoms with van der Waals surface area (Å²) in [6, 6.07) is 8.75. The van der Waals surface area contributed by atoms with Crippen molar-refractivity contribution in [1.82, 2.24) is 0 Å². The average molecular weight is 284 g/mol. The normalized spacial score (nSPS) is 25.3. The molecule has 0 spiro atoms. The van der Waals surface area contributed by atoms with Crippen molar-refractivity contribution in [2.45, 2.75) is 71.1 Å². The Labute approximate surface area is 129 Å². The zero-order valence-corrected chi connectivity index (χ0v) is 13.5. The highest BCUT2D eigenvalue weighted by Gasteiger charge is 2.32. The maximum absolute atomic E-state index is 12.7. The highest BCUT2D eigenvalue weighted by Crippen LogP contribution is 2.40. The van der Waals surface area contributed by atoms with Crippen LogP contribution in [0, 0.1) is 11.3 Å². The smallest absolute Gasteiger partial charge is 0.136 e. The van der Waals surface area contributed by atoms with Crippen LogP contribution >= 0.6 is 0 Å². The van der Waals surface area contributed by atoms with Gasteiger partial charge in [-0.3, -0.25) is 4.79 Å². The number of hydrogen-bond donors (Lipinski definition) is 0. The van der Waals surface area contributed by atoms with Gasteiger partial charge in [0.05, 0.1) is 0 Å². The van der Waals surface area contributed by atoms with Crippen molar-refractivity contribution >= 4 is 5.78 Å². The number of fused-ring (bicyclic) bond motifs is 1. The van der Waals surface area contributed by atoms with Crippen LogP contribution < -0.4 is 0 Å². The van der Waals surface area contributed by atoms with Gasteiger partial charge in [-0.2, -0.15) is 0 Å². The van der Waals surface area contributed by atoms with Gasteiger partial charge >= 0.3 is 0 Å². The van der Waals surface area contributed by atoms with Crippen LogP contribution in [0.4, 0.5) is 0 Å². The van der Waals surface area contributed by atoms with Crippen molar-refractivity contribution < 1.29 is 4.79 Å². The van der Waals surface area contributed by atoms with Crippen molar-refractivity contribution in [3.63, 3.8) is 0 Å². The number of aryl methyl sites for hydroxylation is 1. The Balaban J connectivity index is 1.64. The second kappa shape index (κ2) is 5.94. The van der Waals surface area contributed by atoms with Gasteiger partial charge in [0, 0.05) is 12.3 Å². The van der Waals surface area contributed by atoms with Crippen LogP contribution in [0.25, 0.3) is 0 Å². The minimum Gasteiger partial charge on any atom is -0.299 e. The Bertz CT molecular complexity index is 504. The summed E-state index contributed by atoms with van der Waals surface area (Å²) in [5.41, 5.74) is 3.38. The Morgan fingerprint density at radius 1 is 1.14 bits per heavy atom. The molecule has 0 saturated heterocycles. The first-order chi connectivity index (χ1) is 10.1. The summed E-state index contributed by atoms with van der Waals surface area (Å²) in [6.45, 7) is 4.68. The van der Waals surface area contributed by atoms with Crippen molar-refractivity contribution in [3.8, 4) is 0 Å². The molecule has 0 bridgehead atoms. The fourth-order valence-corrected chi connectivity index (χ4v) is 4.20. The third kappa shape index (κ3) is 3.39. The molecule has 0 amide bonds. The van der Waals surface area contributed by atoms with Gasteiger partial charge in [-0.15, -0.1) is 0 Å². The lowest BCUT2D eigenvalue weighted by Gasteiger charge is -2.34. The summed E-state index contributed by atoms with van der Waals surface area (Å²) in [4.78, 5) is 12.7. The third-order valence-corrected chi connectivity index (χ3v) is 5.74. The maximum Gasteiger partial charge on any atom is 0.136 e. The molecule has 1 saturated carbocycles. The first-order valence-electron chi connectivity index (χ1n) is 8.66. The molecule has 0 radical (unpaired) electrons. The van der Waals surface area contributed by atoms with Gasteiger partial charge in [0.1, 0.15) is 5.78 Å². The highest BCUT2D eigenvalue weighted by atomic mass is 16.1. The second-order valence-corrected chi connectivity index (χ2v) is 7.90. The molecule has 0 N–H and O–H groups in total. The molecule has 1 heteroatoms. The van der Waals surface area contributed by atoms with Crippen molar-refractivity contribution in [2.24, 2.45) is 11.3 Å². The summed E-state index contributed by atoms with van der Waals surface area (Å²) < 4.78 is 0. The first-order valence-corrected chi connectivity index (χ1v) is 8.66. The van der Waals surface area contributed by atoms with Crippen molar-refractivity contribution in [1.29, 1.82) is 0 Å². The number of ketones is 1. The maximum atomic E-state index is 12.7. The van der Waals surface area contributed by atoms with E-state index in [1.807, 2.05) is 0 Å².